The summed E-state index contributed by atoms with van der Waals surface area (Å²) in [5, 5.41) is 3.47. The lowest BCUT2D eigenvalue weighted by atomic mass is 9.89. The summed E-state index contributed by atoms with van der Waals surface area (Å²) in [4.78, 5) is 8.00. The molecule has 0 radical (unpaired) electrons. The van der Waals surface area contributed by atoms with Crippen LogP contribution < -0.4 is 5.32 Å². The standard InChI is InChI=1S/C14H23N3O/c1-14(2,3)16-8-9-7-15-13(17-9)11-6-10-4-5-12(11)18-10/h7,10-12,16H,4-6,8H2,1-3H3,(H,15,17). The predicted octanol–water partition coefficient (Wildman–Crippen LogP) is 2.33. The average Bonchev–Trinajstić information content (AvgIpc) is 3.01. The van der Waals surface area contributed by atoms with Crippen molar-refractivity contribution in [3.8, 4) is 0 Å². The molecule has 0 spiro atoms. The number of ether oxygens (including phenoxy) is 1. The van der Waals surface area contributed by atoms with Crippen LogP contribution in [0.3, 0.4) is 0 Å². The third kappa shape index (κ3) is 2.45. The van der Waals surface area contributed by atoms with Crippen molar-refractivity contribution < 1.29 is 4.74 Å². The summed E-state index contributed by atoms with van der Waals surface area (Å²) in [6, 6.07) is 0. The molecule has 1 aromatic heterocycles. The SMILES string of the molecule is CC(C)(C)NCc1cnc(C2CC3CCC2O3)[nH]1. The summed E-state index contributed by atoms with van der Waals surface area (Å²) in [7, 11) is 0. The average molecular weight is 249 g/mol. The molecule has 0 saturated carbocycles. The molecule has 2 aliphatic heterocycles. The van der Waals surface area contributed by atoms with Gasteiger partial charge in [0.25, 0.3) is 0 Å². The van der Waals surface area contributed by atoms with E-state index in [-0.39, 0.29) is 5.54 Å². The van der Waals surface area contributed by atoms with Crippen LogP contribution in [0.2, 0.25) is 0 Å². The molecule has 0 amide bonds. The van der Waals surface area contributed by atoms with Gasteiger partial charge in [-0.05, 0) is 40.0 Å². The fourth-order valence-electron chi connectivity index (χ4n) is 2.94. The fourth-order valence-corrected chi connectivity index (χ4v) is 2.94. The highest BCUT2D eigenvalue weighted by molar-refractivity contribution is 5.11. The fraction of sp³-hybridized carbons (Fsp3) is 0.786. The molecule has 1 aromatic rings. The number of rotatable bonds is 3. The van der Waals surface area contributed by atoms with Crippen molar-refractivity contribution in [2.45, 2.75) is 70.2 Å². The van der Waals surface area contributed by atoms with Crippen molar-refractivity contribution in [1.82, 2.24) is 15.3 Å². The normalized spacial score (nSPS) is 31.2. The summed E-state index contributed by atoms with van der Waals surface area (Å²) in [6.07, 6.45) is 6.43. The first-order valence-corrected chi connectivity index (χ1v) is 6.95. The summed E-state index contributed by atoms with van der Waals surface area (Å²) in [5.41, 5.74) is 1.31. The van der Waals surface area contributed by atoms with Crippen LogP contribution in [0.15, 0.2) is 6.20 Å². The van der Waals surface area contributed by atoms with E-state index in [2.05, 4.69) is 36.1 Å². The molecule has 0 aliphatic carbocycles. The van der Waals surface area contributed by atoms with Crippen molar-refractivity contribution in [2.75, 3.05) is 0 Å². The van der Waals surface area contributed by atoms with Gasteiger partial charge >= 0.3 is 0 Å². The number of hydrogen-bond acceptors (Lipinski definition) is 3. The number of nitrogens with one attached hydrogen (secondary N) is 2. The third-order valence-electron chi connectivity index (χ3n) is 3.91. The van der Waals surface area contributed by atoms with Crippen molar-refractivity contribution in [2.24, 2.45) is 0 Å². The van der Waals surface area contributed by atoms with Crippen LogP contribution in [0.4, 0.5) is 0 Å². The molecule has 3 atom stereocenters. The third-order valence-corrected chi connectivity index (χ3v) is 3.91. The lowest BCUT2D eigenvalue weighted by Gasteiger charge is -2.20. The van der Waals surface area contributed by atoms with Crippen LogP contribution in [-0.2, 0) is 11.3 Å². The molecule has 0 aromatic carbocycles. The van der Waals surface area contributed by atoms with Gasteiger partial charge in [0.2, 0.25) is 0 Å². The van der Waals surface area contributed by atoms with Crippen molar-refractivity contribution in [3.63, 3.8) is 0 Å². The van der Waals surface area contributed by atoms with E-state index >= 15 is 0 Å². The maximum Gasteiger partial charge on any atom is 0.112 e. The lowest BCUT2D eigenvalue weighted by molar-refractivity contribution is 0.0999. The number of fused-ring (bicyclic) bond motifs is 2. The second kappa shape index (κ2) is 4.35. The van der Waals surface area contributed by atoms with Crippen LogP contribution >= 0.6 is 0 Å². The minimum atomic E-state index is 0.140. The molecular weight excluding hydrogens is 226 g/mol. The van der Waals surface area contributed by atoms with Crippen LogP contribution in [0.25, 0.3) is 0 Å². The first-order valence-electron chi connectivity index (χ1n) is 6.95. The summed E-state index contributed by atoms with van der Waals surface area (Å²) < 4.78 is 5.89. The molecule has 2 fully saturated rings. The van der Waals surface area contributed by atoms with E-state index < -0.39 is 0 Å². The van der Waals surface area contributed by atoms with E-state index in [1.54, 1.807) is 0 Å². The zero-order chi connectivity index (χ0) is 12.8. The molecule has 3 heterocycles. The van der Waals surface area contributed by atoms with Gasteiger partial charge in [-0.1, -0.05) is 0 Å². The summed E-state index contributed by atoms with van der Waals surface area (Å²) in [5.74, 6) is 1.61. The van der Waals surface area contributed by atoms with Crippen molar-refractivity contribution in [3.05, 3.63) is 17.7 Å². The number of aromatic nitrogens is 2. The first kappa shape index (κ1) is 12.2. The van der Waals surface area contributed by atoms with Crippen molar-refractivity contribution in [1.29, 1.82) is 0 Å². The van der Waals surface area contributed by atoms with Gasteiger partial charge in [-0.3, -0.25) is 0 Å². The molecule has 3 unspecified atom stereocenters. The number of aromatic amines is 1. The van der Waals surface area contributed by atoms with E-state index in [1.165, 1.54) is 18.5 Å². The van der Waals surface area contributed by atoms with Gasteiger partial charge in [-0.25, -0.2) is 4.98 Å². The highest BCUT2D eigenvalue weighted by Crippen LogP contribution is 2.43. The molecule has 2 bridgehead atoms. The molecule has 2 aliphatic rings. The Bertz CT molecular complexity index is 421. The number of H-pyrrole nitrogens is 1. The number of nitrogens with zero attached hydrogens (tertiary/aromatic N) is 1. The van der Waals surface area contributed by atoms with Gasteiger partial charge in [0.1, 0.15) is 5.82 Å². The van der Waals surface area contributed by atoms with Gasteiger partial charge in [-0.15, -0.1) is 0 Å². The highest BCUT2D eigenvalue weighted by Gasteiger charge is 2.42. The molecule has 18 heavy (non-hydrogen) atoms. The Morgan fingerprint density at radius 2 is 2.28 bits per heavy atom. The van der Waals surface area contributed by atoms with Gasteiger partial charge in [0.15, 0.2) is 0 Å². The summed E-state index contributed by atoms with van der Waals surface area (Å²) in [6.45, 7) is 7.37. The molecule has 4 heteroatoms. The minimum absolute atomic E-state index is 0.140. The first-order chi connectivity index (χ1) is 8.51. The van der Waals surface area contributed by atoms with E-state index in [9.17, 15) is 0 Å². The zero-order valence-electron chi connectivity index (χ0n) is 11.5. The largest absolute Gasteiger partial charge is 0.374 e. The van der Waals surface area contributed by atoms with Crippen LogP contribution in [0, 0.1) is 0 Å². The van der Waals surface area contributed by atoms with E-state index in [0.717, 1.165) is 18.8 Å². The predicted molar refractivity (Wildman–Crippen MR) is 70.4 cm³/mol. The zero-order valence-corrected chi connectivity index (χ0v) is 11.5. The second-order valence-electron chi connectivity index (χ2n) is 6.61. The Kier molecular flexibility index (Phi) is 2.94. The Labute approximate surface area is 109 Å². The Morgan fingerprint density at radius 3 is 2.89 bits per heavy atom. The highest BCUT2D eigenvalue weighted by atomic mass is 16.5. The van der Waals surface area contributed by atoms with Gasteiger partial charge in [0.05, 0.1) is 12.2 Å². The van der Waals surface area contributed by atoms with Crippen LogP contribution in [0.5, 0.6) is 0 Å². The second-order valence-corrected chi connectivity index (χ2v) is 6.61. The quantitative estimate of drug-likeness (QED) is 0.864. The van der Waals surface area contributed by atoms with Crippen LogP contribution in [-0.4, -0.2) is 27.7 Å². The van der Waals surface area contributed by atoms with Crippen molar-refractivity contribution >= 4 is 0 Å². The van der Waals surface area contributed by atoms with Gasteiger partial charge in [0, 0.05) is 29.9 Å². The lowest BCUT2D eigenvalue weighted by Crippen LogP contribution is -2.35. The Morgan fingerprint density at radius 1 is 1.44 bits per heavy atom. The number of hydrogen-bond donors (Lipinski definition) is 2. The molecule has 4 nitrogen and oxygen atoms in total. The number of imidazole rings is 1. The maximum absolute atomic E-state index is 5.89. The molecular formula is C14H23N3O. The molecule has 3 rings (SSSR count). The Hall–Kier alpha value is -0.870. The summed E-state index contributed by atoms with van der Waals surface area (Å²) >= 11 is 0. The minimum Gasteiger partial charge on any atom is -0.374 e. The van der Waals surface area contributed by atoms with E-state index in [4.69, 9.17) is 4.74 Å². The topological polar surface area (TPSA) is 49.9 Å². The van der Waals surface area contributed by atoms with Gasteiger partial charge in [-0.2, -0.15) is 0 Å². The van der Waals surface area contributed by atoms with Gasteiger partial charge < -0.3 is 15.0 Å². The monoisotopic (exact) mass is 249 g/mol. The van der Waals surface area contributed by atoms with Crippen LogP contribution in [0.1, 0.15) is 57.5 Å². The Balaban J connectivity index is 1.63. The maximum atomic E-state index is 5.89. The molecule has 2 saturated heterocycles. The molecule has 100 valence electrons. The smallest absolute Gasteiger partial charge is 0.112 e. The van der Waals surface area contributed by atoms with E-state index in [0.29, 0.717) is 18.1 Å². The van der Waals surface area contributed by atoms with E-state index in [1.807, 2.05) is 6.20 Å². The molecule has 2 N–H and O–H groups in total.